The average Bonchev–Trinajstić information content (AvgIpc) is 2.57. The summed E-state index contributed by atoms with van der Waals surface area (Å²) in [7, 11) is 0. The lowest BCUT2D eigenvalue weighted by atomic mass is 10.2. The van der Waals surface area contributed by atoms with Crippen LogP contribution < -0.4 is 5.43 Å². The third-order valence-corrected chi connectivity index (χ3v) is 3.52. The van der Waals surface area contributed by atoms with Gasteiger partial charge in [-0.2, -0.15) is 5.10 Å². The van der Waals surface area contributed by atoms with Crippen LogP contribution >= 0.6 is 15.9 Å². The molecule has 0 aliphatic carbocycles. The lowest BCUT2D eigenvalue weighted by Crippen LogP contribution is -1.99. The van der Waals surface area contributed by atoms with Crippen molar-refractivity contribution in [3.8, 4) is 5.75 Å². The van der Waals surface area contributed by atoms with Crippen LogP contribution in [0.3, 0.4) is 0 Å². The number of hydrazone groups is 1. The molecular formula is C13H8BrN5O7. The third kappa shape index (κ3) is 4.07. The van der Waals surface area contributed by atoms with E-state index >= 15 is 0 Å². The van der Waals surface area contributed by atoms with Crippen LogP contribution in [0.1, 0.15) is 5.56 Å². The van der Waals surface area contributed by atoms with Crippen LogP contribution in [0, 0.1) is 30.3 Å². The quantitative estimate of drug-likeness (QED) is 0.402. The first-order valence-electron chi connectivity index (χ1n) is 6.59. The first-order valence-corrected chi connectivity index (χ1v) is 7.39. The zero-order valence-corrected chi connectivity index (χ0v) is 14.1. The average molecular weight is 426 g/mol. The summed E-state index contributed by atoms with van der Waals surface area (Å²) in [4.78, 5) is 30.2. The number of nitrogens with one attached hydrogen (secondary N) is 1. The molecule has 0 bridgehead atoms. The van der Waals surface area contributed by atoms with Crippen LogP contribution in [0.5, 0.6) is 5.75 Å². The molecule has 0 spiro atoms. The smallest absolute Gasteiger partial charge is 0.312 e. The van der Waals surface area contributed by atoms with Crippen molar-refractivity contribution in [2.24, 2.45) is 5.10 Å². The molecule has 134 valence electrons. The summed E-state index contributed by atoms with van der Waals surface area (Å²) in [6, 6.07) is 5.35. The fourth-order valence-corrected chi connectivity index (χ4v) is 2.36. The van der Waals surface area contributed by atoms with Crippen LogP contribution in [0.25, 0.3) is 0 Å². The van der Waals surface area contributed by atoms with E-state index in [1.807, 2.05) is 0 Å². The molecule has 0 radical (unpaired) electrons. The van der Waals surface area contributed by atoms with Crippen LogP contribution in [-0.2, 0) is 0 Å². The van der Waals surface area contributed by atoms with E-state index in [0.29, 0.717) is 4.47 Å². The van der Waals surface area contributed by atoms with Gasteiger partial charge in [-0.15, -0.1) is 0 Å². The Bertz CT molecular complexity index is 947. The molecule has 0 fully saturated rings. The van der Waals surface area contributed by atoms with E-state index in [9.17, 15) is 35.4 Å². The molecule has 0 aromatic heterocycles. The molecule has 2 aromatic rings. The third-order valence-electron chi connectivity index (χ3n) is 3.06. The van der Waals surface area contributed by atoms with E-state index < -0.39 is 37.6 Å². The molecule has 2 aromatic carbocycles. The Morgan fingerprint density at radius 2 is 1.65 bits per heavy atom. The minimum atomic E-state index is -0.827. The second-order valence-electron chi connectivity index (χ2n) is 4.71. The van der Waals surface area contributed by atoms with Gasteiger partial charge in [-0.05, 0) is 12.1 Å². The Kier molecular flexibility index (Phi) is 5.42. The monoisotopic (exact) mass is 425 g/mol. The minimum Gasteiger partial charge on any atom is -0.502 e. The zero-order valence-electron chi connectivity index (χ0n) is 12.5. The van der Waals surface area contributed by atoms with Crippen LogP contribution in [0.4, 0.5) is 22.7 Å². The normalized spacial score (nSPS) is 10.7. The van der Waals surface area contributed by atoms with Crippen LogP contribution in [-0.4, -0.2) is 26.1 Å². The standard InChI is InChI=1S/C13H8BrN5O7/c14-8-3-7(13(20)12(4-8)19(25)26)6-15-16-10-2-1-9(17(21)22)5-11(10)18(23)24/h1-6,16,20H/b15-6+. The second-order valence-corrected chi connectivity index (χ2v) is 5.62. The number of phenolic OH excluding ortho intramolecular Hbond substituents is 1. The van der Waals surface area contributed by atoms with Gasteiger partial charge in [0.2, 0.25) is 5.75 Å². The highest BCUT2D eigenvalue weighted by atomic mass is 79.9. The van der Waals surface area contributed by atoms with Crippen molar-refractivity contribution in [3.63, 3.8) is 0 Å². The van der Waals surface area contributed by atoms with Gasteiger partial charge in [0.25, 0.3) is 5.69 Å². The summed E-state index contributed by atoms with van der Waals surface area (Å²) in [6.07, 6.45) is 1.01. The lowest BCUT2D eigenvalue weighted by molar-refractivity contribution is -0.393. The Labute approximate surface area is 152 Å². The van der Waals surface area contributed by atoms with Gasteiger partial charge in [0.05, 0.1) is 27.1 Å². The molecule has 0 aliphatic heterocycles. The number of nitro benzene ring substituents is 3. The molecule has 2 rings (SSSR count). The molecule has 0 saturated carbocycles. The maximum atomic E-state index is 11.0. The highest BCUT2D eigenvalue weighted by molar-refractivity contribution is 9.10. The number of nitro groups is 3. The summed E-state index contributed by atoms with van der Waals surface area (Å²) in [6.45, 7) is 0. The van der Waals surface area contributed by atoms with Gasteiger partial charge < -0.3 is 5.11 Å². The Morgan fingerprint density at radius 1 is 1.00 bits per heavy atom. The van der Waals surface area contributed by atoms with Crippen molar-refractivity contribution >= 4 is 44.9 Å². The van der Waals surface area contributed by atoms with Crippen molar-refractivity contribution in [2.75, 3.05) is 5.43 Å². The highest BCUT2D eigenvalue weighted by Gasteiger charge is 2.20. The van der Waals surface area contributed by atoms with E-state index in [4.69, 9.17) is 0 Å². The van der Waals surface area contributed by atoms with Gasteiger partial charge in [0.15, 0.2) is 0 Å². The number of anilines is 1. The predicted octanol–water partition coefficient (Wildman–Crippen LogP) is 3.33. The first kappa shape index (κ1) is 18.7. The van der Waals surface area contributed by atoms with E-state index in [2.05, 4.69) is 26.5 Å². The minimum absolute atomic E-state index is 0.0249. The van der Waals surface area contributed by atoms with Gasteiger partial charge in [0, 0.05) is 22.2 Å². The van der Waals surface area contributed by atoms with Gasteiger partial charge in [0.1, 0.15) is 5.69 Å². The number of nitrogens with zero attached hydrogens (tertiary/aromatic N) is 4. The van der Waals surface area contributed by atoms with E-state index in [0.717, 1.165) is 30.5 Å². The molecule has 0 unspecified atom stereocenters. The Hall–Kier alpha value is -3.61. The lowest BCUT2D eigenvalue weighted by Gasteiger charge is -2.03. The number of benzene rings is 2. The van der Waals surface area contributed by atoms with Gasteiger partial charge in [-0.1, -0.05) is 15.9 Å². The number of aromatic hydroxyl groups is 1. The fourth-order valence-electron chi connectivity index (χ4n) is 1.89. The molecule has 0 saturated heterocycles. The molecule has 13 heteroatoms. The van der Waals surface area contributed by atoms with E-state index in [1.54, 1.807) is 0 Å². The summed E-state index contributed by atoms with van der Waals surface area (Å²) in [5, 5.41) is 46.1. The Balaban J connectivity index is 2.33. The maximum absolute atomic E-state index is 11.0. The van der Waals surface area contributed by atoms with Gasteiger partial charge >= 0.3 is 11.4 Å². The molecule has 0 amide bonds. The number of phenols is 1. The summed E-state index contributed by atoms with van der Waals surface area (Å²) in [5.74, 6) is -0.637. The van der Waals surface area contributed by atoms with Crippen molar-refractivity contribution in [2.45, 2.75) is 0 Å². The molecule has 0 heterocycles. The van der Waals surface area contributed by atoms with Crippen molar-refractivity contribution in [3.05, 3.63) is 70.7 Å². The first-order chi connectivity index (χ1) is 12.2. The molecule has 12 nitrogen and oxygen atoms in total. The number of halogens is 1. The van der Waals surface area contributed by atoms with Crippen molar-refractivity contribution < 1.29 is 19.9 Å². The summed E-state index contributed by atoms with van der Waals surface area (Å²) in [5.41, 5.74) is 0.548. The topological polar surface area (TPSA) is 174 Å². The highest BCUT2D eigenvalue weighted by Crippen LogP contribution is 2.33. The summed E-state index contributed by atoms with van der Waals surface area (Å²) >= 11 is 3.05. The zero-order chi connectivity index (χ0) is 19.4. The largest absolute Gasteiger partial charge is 0.502 e. The predicted molar refractivity (Wildman–Crippen MR) is 93.4 cm³/mol. The van der Waals surface area contributed by atoms with Gasteiger partial charge in [-0.3, -0.25) is 35.8 Å². The molecule has 0 aliphatic rings. The van der Waals surface area contributed by atoms with E-state index in [-0.39, 0.29) is 11.3 Å². The van der Waals surface area contributed by atoms with Crippen molar-refractivity contribution in [1.29, 1.82) is 0 Å². The number of hydrogen-bond acceptors (Lipinski definition) is 9. The van der Waals surface area contributed by atoms with Gasteiger partial charge in [-0.25, -0.2) is 0 Å². The number of hydrogen-bond donors (Lipinski definition) is 2. The summed E-state index contributed by atoms with van der Waals surface area (Å²) < 4.78 is 0.310. The van der Waals surface area contributed by atoms with E-state index in [1.165, 1.54) is 6.07 Å². The number of rotatable bonds is 6. The second kappa shape index (κ2) is 7.52. The maximum Gasteiger partial charge on any atom is 0.312 e. The van der Waals surface area contributed by atoms with Crippen LogP contribution in [0.15, 0.2) is 39.9 Å². The molecular weight excluding hydrogens is 418 g/mol. The molecule has 0 atom stereocenters. The molecule has 2 N–H and O–H groups in total. The van der Waals surface area contributed by atoms with Crippen LogP contribution in [0.2, 0.25) is 0 Å². The number of non-ortho nitro benzene ring substituents is 1. The SMILES string of the molecule is O=[N+]([O-])c1ccc(N/N=C/c2cc(Br)cc([N+](=O)[O-])c2O)c([N+](=O)[O-])c1. The Morgan fingerprint density at radius 3 is 2.23 bits per heavy atom. The van der Waals surface area contributed by atoms with Crippen molar-refractivity contribution in [1.82, 2.24) is 0 Å². The molecule has 26 heavy (non-hydrogen) atoms. The fraction of sp³-hybridized carbons (Fsp3) is 0.